The molecule has 0 aliphatic carbocycles. The number of halogens is 6. The molecule has 0 aromatic heterocycles. The van der Waals surface area contributed by atoms with Crippen LogP contribution in [0.25, 0.3) is 32.7 Å². The predicted octanol–water partition coefficient (Wildman–Crippen LogP) is 12.0. The van der Waals surface area contributed by atoms with Crippen LogP contribution < -0.4 is 26.5 Å². The summed E-state index contributed by atoms with van der Waals surface area (Å²) in [6.45, 7) is 0. The highest BCUT2D eigenvalue weighted by Gasteiger charge is 2.32. The number of carbonyl (C=O) groups is 2. The summed E-state index contributed by atoms with van der Waals surface area (Å²) < 4.78 is 81.0. The number of anilines is 2. The summed E-state index contributed by atoms with van der Waals surface area (Å²) in [4.78, 5) is 28.3. The van der Waals surface area contributed by atoms with Gasteiger partial charge < -0.3 is 10.6 Å². The maximum atomic E-state index is 14.4. The standard InChI is InChI=1S/C48H31F6N2O2P/c49-47(50,51)34-24-19-31(20-25-34)45(57)55-40-28-23-30-11-7-9-17-38(30)42(40)43-39-18-10-8-12-33(39)29-41(59(36-13-3-1-4-14-36)37-15-5-2-6-16-37)44(43)56-46(58)32-21-26-35(27-22-32)48(52,53)54/h1-29H,(H,55,57)(H,56,58). The summed E-state index contributed by atoms with van der Waals surface area (Å²) in [5, 5.41) is 11.7. The molecule has 0 radical (unpaired) electrons. The molecular formula is C48H31F6N2O2P. The molecule has 59 heavy (non-hydrogen) atoms. The van der Waals surface area contributed by atoms with E-state index in [1.165, 1.54) is 0 Å². The van der Waals surface area contributed by atoms with Crippen LogP contribution in [0.5, 0.6) is 0 Å². The van der Waals surface area contributed by atoms with E-state index in [0.717, 1.165) is 75.2 Å². The molecule has 0 aliphatic rings. The monoisotopic (exact) mass is 812 g/mol. The molecule has 0 spiro atoms. The van der Waals surface area contributed by atoms with E-state index < -0.39 is 43.2 Å². The molecule has 0 unspecified atom stereocenters. The van der Waals surface area contributed by atoms with Crippen molar-refractivity contribution in [2.24, 2.45) is 0 Å². The number of fused-ring (bicyclic) bond motifs is 2. The highest BCUT2D eigenvalue weighted by molar-refractivity contribution is 7.80. The van der Waals surface area contributed by atoms with Gasteiger partial charge in [0, 0.05) is 33.2 Å². The summed E-state index contributed by atoms with van der Waals surface area (Å²) in [6, 6.07) is 48.0. The van der Waals surface area contributed by atoms with Crippen molar-refractivity contribution in [2.45, 2.75) is 12.4 Å². The molecule has 4 nitrogen and oxygen atoms in total. The molecular weight excluding hydrogens is 782 g/mol. The first-order chi connectivity index (χ1) is 28.4. The van der Waals surface area contributed by atoms with E-state index >= 15 is 0 Å². The Morgan fingerprint density at radius 2 is 0.881 bits per heavy atom. The van der Waals surface area contributed by atoms with Crippen molar-refractivity contribution in [3.05, 3.63) is 198 Å². The van der Waals surface area contributed by atoms with E-state index in [1.807, 2.05) is 121 Å². The highest BCUT2D eigenvalue weighted by atomic mass is 31.1. The van der Waals surface area contributed by atoms with Gasteiger partial charge in [0.05, 0.1) is 16.8 Å². The number of hydrogen-bond donors (Lipinski definition) is 2. The smallest absolute Gasteiger partial charge is 0.321 e. The predicted molar refractivity (Wildman–Crippen MR) is 224 cm³/mol. The lowest BCUT2D eigenvalue weighted by Crippen LogP contribution is -2.26. The topological polar surface area (TPSA) is 58.2 Å². The molecule has 8 aromatic rings. The molecule has 0 fully saturated rings. The maximum absolute atomic E-state index is 14.4. The quantitative estimate of drug-likeness (QED) is 0.119. The van der Waals surface area contributed by atoms with Gasteiger partial charge >= 0.3 is 12.4 Å². The molecule has 2 amide bonds. The molecule has 0 saturated heterocycles. The Balaban J connectivity index is 1.41. The van der Waals surface area contributed by atoms with Crippen LogP contribution in [0.4, 0.5) is 37.7 Å². The summed E-state index contributed by atoms with van der Waals surface area (Å²) in [5.41, 5.74) is -0.104. The molecule has 0 aliphatic heterocycles. The number of carbonyl (C=O) groups excluding carboxylic acids is 2. The van der Waals surface area contributed by atoms with E-state index in [1.54, 1.807) is 6.07 Å². The van der Waals surface area contributed by atoms with Gasteiger partial charge in [0.1, 0.15) is 0 Å². The minimum atomic E-state index is -4.61. The van der Waals surface area contributed by atoms with Crippen molar-refractivity contribution < 1.29 is 35.9 Å². The van der Waals surface area contributed by atoms with E-state index in [9.17, 15) is 35.9 Å². The lowest BCUT2D eigenvalue weighted by Gasteiger charge is -2.27. The molecule has 292 valence electrons. The molecule has 8 rings (SSSR count). The molecule has 0 atom stereocenters. The Labute approximate surface area is 335 Å². The van der Waals surface area contributed by atoms with Crippen LogP contribution in [0.3, 0.4) is 0 Å². The Morgan fingerprint density at radius 1 is 0.441 bits per heavy atom. The fraction of sp³-hybridized carbons (Fsp3) is 0.0417. The molecule has 11 heteroatoms. The third-order valence-electron chi connectivity index (χ3n) is 9.91. The van der Waals surface area contributed by atoms with Crippen molar-refractivity contribution >= 4 is 68.6 Å². The van der Waals surface area contributed by atoms with Crippen molar-refractivity contribution in [3.63, 3.8) is 0 Å². The first kappa shape index (κ1) is 39.1. The molecule has 0 heterocycles. The van der Waals surface area contributed by atoms with Gasteiger partial charge in [-0.15, -0.1) is 0 Å². The van der Waals surface area contributed by atoms with Gasteiger partial charge in [-0.2, -0.15) is 26.3 Å². The fourth-order valence-corrected chi connectivity index (χ4v) is 9.58. The summed E-state index contributed by atoms with van der Waals surface area (Å²) in [6.07, 6.45) is -9.20. The van der Waals surface area contributed by atoms with E-state index in [2.05, 4.69) is 10.6 Å². The number of amides is 2. The first-order valence-corrected chi connectivity index (χ1v) is 19.7. The Kier molecular flexibility index (Phi) is 10.5. The van der Waals surface area contributed by atoms with Gasteiger partial charge in [0.25, 0.3) is 11.8 Å². The maximum Gasteiger partial charge on any atom is 0.416 e. The Hall–Kier alpha value is -6.77. The zero-order valence-corrected chi connectivity index (χ0v) is 31.7. The third kappa shape index (κ3) is 8.05. The van der Waals surface area contributed by atoms with Gasteiger partial charge in [0.2, 0.25) is 0 Å². The zero-order valence-electron chi connectivity index (χ0n) is 30.8. The number of rotatable bonds is 8. The normalized spacial score (nSPS) is 11.8. The second-order valence-corrected chi connectivity index (χ2v) is 15.8. The average molecular weight is 813 g/mol. The summed E-state index contributed by atoms with van der Waals surface area (Å²) in [5.74, 6) is -1.33. The molecule has 0 saturated carbocycles. The Morgan fingerprint density at radius 3 is 1.39 bits per heavy atom. The van der Waals surface area contributed by atoms with Crippen LogP contribution in [0.2, 0.25) is 0 Å². The van der Waals surface area contributed by atoms with Crippen molar-refractivity contribution in [3.8, 4) is 11.1 Å². The van der Waals surface area contributed by atoms with Gasteiger partial charge in [-0.1, -0.05) is 115 Å². The minimum Gasteiger partial charge on any atom is -0.321 e. The van der Waals surface area contributed by atoms with Crippen molar-refractivity contribution in [2.75, 3.05) is 10.6 Å². The van der Waals surface area contributed by atoms with Crippen LogP contribution in [0.1, 0.15) is 31.8 Å². The van der Waals surface area contributed by atoms with Crippen LogP contribution in [0.15, 0.2) is 176 Å². The number of alkyl halides is 6. The fourth-order valence-electron chi connectivity index (χ4n) is 7.12. The highest BCUT2D eigenvalue weighted by Crippen LogP contribution is 2.47. The van der Waals surface area contributed by atoms with Crippen LogP contribution >= 0.6 is 7.92 Å². The van der Waals surface area contributed by atoms with E-state index in [4.69, 9.17) is 0 Å². The minimum absolute atomic E-state index is 0.0109. The third-order valence-corrected chi connectivity index (χ3v) is 12.4. The van der Waals surface area contributed by atoms with E-state index in [0.29, 0.717) is 33.3 Å². The molecule has 2 N–H and O–H groups in total. The lowest BCUT2D eigenvalue weighted by molar-refractivity contribution is -0.138. The second kappa shape index (κ2) is 15.9. The zero-order chi connectivity index (χ0) is 41.3. The number of benzene rings is 8. The van der Waals surface area contributed by atoms with Gasteiger partial charge in [-0.3, -0.25) is 9.59 Å². The van der Waals surface area contributed by atoms with Crippen molar-refractivity contribution in [1.82, 2.24) is 0 Å². The van der Waals surface area contributed by atoms with Crippen molar-refractivity contribution in [1.29, 1.82) is 0 Å². The number of nitrogens with one attached hydrogen (secondary N) is 2. The molecule has 8 aromatic carbocycles. The summed E-state index contributed by atoms with van der Waals surface area (Å²) in [7, 11) is -1.43. The van der Waals surface area contributed by atoms with Gasteiger partial charge in [0.15, 0.2) is 0 Å². The lowest BCUT2D eigenvalue weighted by atomic mass is 9.90. The average Bonchev–Trinajstić information content (AvgIpc) is 3.24. The van der Waals surface area contributed by atoms with Crippen LogP contribution in [-0.2, 0) is 12.4 Å². The van der Waals surface area contributed by atoms with E-state index in [-0.39, 0.29) is 11.1 Å². The van der Waals surface area contributed by atoms with Gasteiger partial charge in [-0.25, -0.2) is 0 Å². The first-order valence-electron chi connectivity index (χ1n) is 18.3. The molecule has 0 bridgehead atoms. The largest absolute Gasteiger partial charge is 0.416 e. The van der Waals surface area contributed by atoms with Crippen LogP contribution in [0, 0.1) is 0 Å². The summed E-state index contributed by atoms with van der Waals surface area (Å²) >= 11 is 0. The Bertz CT molecular complexity index is 2790. The second-order valence-electron chi connectivity index (χ2n) is 13.6. The van der Waals surface area contributed by atoms with Crippen LogP contribution in [-0.4, -0.2) is 11.8 Å². The number of hydrogen-bond acceptors (Lipinski definition) is 2. The SMILES string of the molecule is O=C(Nc1ccc2ccccc2c1-c1c(NC(=O)c2ccc(C(F)(F)F)cc2)c(P(c2ccccc2)c2ccccc2)cc2ccccc12)c1ccc(C(F)(F)F)cc1. The van der Waals surface area contributed by atoms with Gasteiger partial charge in [-0.05, 0) is 101 Å².